The molecule has 2 aliphatic carbocycles. The van der Waals surface area contributed by atoms with Crippen molar-refractivity contribution in [1.29, 1.82) is 0 Å². The Kier molecular flexibility index (Phi) is 10.2. The van der Waals surface area contributed by atoms with Crippen molar-refractivity contribution < 1.29 is 8.83 Å². The summed E-state index contributed by atoms with van der Waals surface area (Å²) in [6, 6.07) is 62.3. The van der Waals surface area contributed by atoms with Crippen LogP contribution in [0.25, 0.3) is 76.2 Å². The molecule has 2 fully saturated rings. The average molecular weight is 945 g/mol. The van der Waals surface area contributed by atoms with Crippen molar-refractivity contribution in [3.63, 3.8) is 0 Å². The first-order valence-corrected chi connectivity index (χ1v) is 26.2. The molecule has 0 unspecified atom stereocenters. The van der Waals surface area contributed by atoms with E-state index in [4.69, 9.17) is 34.1 Å². The van der Waals surface area contributed by atoms with E-state index in [-0.39, 0.29) is 0 Å². The van der Waals surface area contributed by atoms with Crippen LogP contribution in [0, 0.1) is 0 Å². The number of para-hydroxylation sites is 4. The number of furan rings is 2. The van der Waals surface area contributed by atoms with Crippen LogP contribution >= 0.6 is 25.3 Å². The molecule has 0 amide bonds. The van der Waals surface area contributed by atoms with E-state index < -0.39 is 0 Å². The fourth-order valence-electron chi connectivity index (χ4n) is 12.7. The molecule has 12 aromatic rings. The maximum Gasteiger partial charge on any atom is 0.159 e. The first kappa shape index (κ1) is 42.1. The molecule has 0 N–H and O–H groups in total. The van der Waals surface area contributed by atoms with Gasteiger partial charge in [-0.05, 0) is 143 Å². The molecule has 0 bridgehead atoms. The molecule has 4 nitrogen and oxygen atoms in total. The molecule has 342 valence electrons. The third kappa shape index (κ3) is 6.74. The third-order valence-electron chi connectivity index (χ3n) is 16.0. The normalized spacial score (nSPS) is 15.2. The molecule has 2 aliphatic rings. The van der Waals surface area contributed by atoms with Crippen LogP contribution in [0.5, 0.6) is 0 Å². The lowest BCUT2D eigenvalue weighted by molar-refractivity contribution is 0.442. The minimum absolute atomic E-state index is 0.520. The van der Waals surface area contributed by atoms with Gasteiger partial charge in [-0.15, -0.1) is 25.3 Å². The Morgan fingerprint density at radius 2 is 0.700 bits per heavy atom. The SMILES string of the molecule is Sc1ccc(N(c2ccc3ccc4c(N(c5ccc(S)cc5)c5cccc6c5oc5c(C7CCCCC7)cccc56)ccc5ccc2c3c54)c2cccc3c2oc2c(C4CCCCC4)cccc23)cc1. The minimum Gasteiger partial charge on any atom is -0.454 e. The zero-order valence-corrected chi connectivity index (χ0v) is 40.8. The standard InChI is InChI=1S/C64H52N2O2S2/c69-45-31-27-43(28-32-45)65(57-21-9-19-51-49-17-7-15-47(61(49)67-63(51)57)39-11-3-1-4-12-39)55-37-25-41-24-36-54-56(38-26-42-23-35-53(55)59(41)60(42)54)66(44-29-33-46(70)34-30-44)58-22-10-20-52-50-18-8-16-48(62(50)68-64(52)58)40-13-5-2-6-14-40/h7-10,15-40,69-70H,1-6,11-14H2. The van der Waals surface area contributed by atoms with Gasteiger partial charge in [0.1, 0.15) is 11.2 Å². The number of hydrogen-bond donors (Lipinski definition) is 2. The van der Waals surface area contributed by atoms with Crippen LogP contribution in [0.2, 0.25) is 0 Å². The highest BCUT2D eigenvalue weighted by atomic mass is 32.1. The van der Waals surface area contributed by atoms with E-state index in [1.807, 2.05) is 0 Å². The molecule has 2 heterocycles. The van der Waals surface area contributed by atoms with Gasteiger partial charge in [0.05, 0.1) is 22.7 Å². The topological polar surface area (TPSA) is 32.8 Å². The zero-order chi connectivity index (χ0) is 46.5. The maximum absolute atomic E-state index is 7.19. The Balaban J connectivity index is 0.987. The first-order chi connectivity index (χ1) is 34.6. The Morgan fingerprint density at radius 3 is 1.11 bits per heavy atom. The van der Waals surface area contributed by atoms with Gasteiger partial charge >= 0.3 is 0 Å². The summed E-state index contributed by atoms with van der Waals surface area (Å²) in [7, 11) is 0. The number of nitrogens with zero attached hydrogens (tertiary/aromatic N) is 2. The van der Waals surface area contributed by atoms with Gasteiger partial charge in [0.2, 0.25) is 0 Å². The van der Waals surface area contributed by atoms with Crippen molar-refractivity contribution in [1.82, 2.24) is 0 Å². The number of fused-ring (bicyclic) bond motifs is 6. The van der Waals surface area contributed by atoms with Crippen LogP contribution in [0.4, 0.5) is 34.1 Å². The van der Waals surface area contributed by atoms with E-state index in [0.717, 1.165) is 77.0 Å². The van der Waals surface area contributed by atoms with Gasteiger partial charge in [0, 0.05) is 53.5 Å². The smallest absolute Gasteiger partial charge is 0.159 e. The first-order valence-electron chi connectivity index (χ1n) is 25.3. The molecule has 0 saturated heterocycles. The molecule has 6 heteroatoms. The predicted molar refractivity (Wildman–Crippen MR) is 300 cm³/mol. The molecule has 0 atom stereocenters. The molecule has 0 radical (unpaired) electrons. The Hall–Kier alpha value is -6.86. The van der Waals surface area contributed by atoms with Crippen LogP contribution in [0.1, 0.15) is 87.2 Å². The van der Waals surface area contributed by atoms with E-state index in [0.29, 0.717) is 11.8 Å². The zero-order valence-electron chi connectivity index (χ0n) is 39.0. The van der Waals surface area contributed by atoms with Gasteiger partial charge in [-0.1, -0.05) is 136 Å². The largest absolute Gasteiger partial charge is 0.454 e. The second kappa shape index (κ2) is 16.9. The highest BCUT2D eigenvalue weighted by Crippen LogP contribution is 2.52. The Morgan fingerprint density at radius 1 is 0.329 bits per heavy atom. The Bertz CT molecular complexity index is 3690. The van der Waals surface area contributed by atoms with Gasteiger partial charge in [0.25, 0.3) is 0 Å². The molecule has 14 rings (SSSR count). The van der Waals surface area contributed by atoms with Crippen molar-refractivity contribution in [2.45, 2.75) is 85.8 Å². The monoisotopic (exact) mass is 944 g/mol. The van der Waals surface area contributed by atoms with Crippen LogP contribution in [-0.4, -0.2) is 0 Å². The van der Waals surface area contributed by atoms with Gasteiger partial charge in [-0.3, -0.25) is 0 Å². The summed E-state index contributed by atoms with van der Waals surface area (Å²) in [5, 5.41) is 11.8. The number of hydrogen-bond acceptors (Lipinski definition) is 6. The van der Waals surface area contributed by atoms with E-state index in [2.05, 4.69) is 180 Å². The summed E-state index contributed by atoms with van der Waals surface area (Å²) in [5.74, 6) is 1.04. The van der Waals surface area contributed by atoms with E-state index in [1.54, 1.807) is 0 Å². The summed E-state index contributed by atoms with van der Waals surface area (Å²) < 4.78 is 14.4. The average Bonchev–Trinajstić information content (AvgIpc) is 4.00. The fourth-order valence-corrected chi connectivity index (χ4v) is 13.0. The molecular weight excluding hydrogens is 893 g/mol. The van der Waals surface area contributed by atoms with Crippen LogP contribution < -0.4 is 9.80 Å². The van der Waals surface area contributed by atoms with Crippen molar-refractivity contribution in [2.24, 2.45) is 0 Å². The summed E-state index contributed by atoms with van der Waals surface area (Å²) >= 11 is 9.49. The van der Waals surface area contributed by atoms with Crippen molar-refractivity contribution in [2.75, 3.05) is 9.80 Å². The number of thiol groups is 2. The molecule has 0 aliphatic heterocycles. The number of benzene rings is 10. The second-order valence-corrected chi connectivity index (χ2v) is 21.0. The van der Waals surface area contributed by atoms with Gasteiger partial charge in [-0.2, -0.15) is 0 Å². The van der Waals surface area contributed by atoms with Crippen molar-refractivity contribution in [3.8, 4) is 0 Å². The van der Waals surface area contributed by atoms with Crippen LogP contribution in [-0.2, 0) is 0 Å². The van der Waals surface area contributed by atoms with Gasteiger partial charge in [-0.25, -0.2) is 0 Å². The quantitative estimate of drug-likeness (QED) is 0.117. The summed E-state index contributed by atoms with van der Waals surface area (Å²) in [4.78, 5) is 6.64. The fraction of sp³-hybridized carbons (Fsp3) is 0.188. The molecular formula is C64H52N2O2S2. The van der Waals surface area contributed by atoms with Gasteiger partial charge in [0.15, 0.2) is 11.2 Å². The predicted octanol–water partition coefficient (Wildman–Crippen LogP) is 20.0. The van der Waals surface area contributed by atoms with Crippen molar-refractivity contribution in [3.05, 3.63) is 181 Å². The highest BCUT2D eigenvalue weighted by Gasteiger charge is 2.28. The van der Waals surface area contributed by atoms with Gasteiger partial charge < -0.3 is 18.6 Å². The van der Waals surface area contributed by atoms with Crippen molar-refractivity contribution >= 4 is 136 Å². The lowest BCUT2D eigenvalue weighted by Gasteiger charge is -2.29. The van der Waals surface area contributed by atoms with E-state index in [1.165, 1.54) is 118 Å². The number of anilines is 6. The minimum atomic E-state index is 0.520. The van der Waals surface area contributed by atoms with E-state index in [9.17, 15) is 0 Å². The molecule has 0 spiro atoms. The summed E-state index contributed by atoms with van der Waals surface area (Å²) in [5.41, 5.74) is 12.8. The molecule has 2 saturated carbocycles. The maximum atomic E-state index is 7.19. The molecule has 70 heavy (non-hydrogen) atoms. The lowest BCUT2D eigenvalue weighted by Crippen LogP contribution is -2.12. The molecule has 10 aromatic carbocycles. The Labute approximate surface area is 418 Å². The molecule has 2 aromatic heterocycles. The van der Waals surface area contributed by atoms with Crippen LogP contribution in [0.15, 0.2) is 188 Å². The number of rotatable bonds is 8. The third-order valence-corrected chi connectivity index (χ3v) is 16.6. The highest BCUT2D eigenvalue weighted by molar-refractivity contribution is 7.80. The lowest BCUT2D eigenvalue weighted by atomic mass is 9.83. The summed E-state index contributed by atoms with van der Waals surface area (Å²) in [6.07, 6.45) is 12.6. The van der Waals surface area contributed by atoms with Crippen LogP contribution in [0.3, 0.4) is 0 Å². The van der Waals surface area contributed by atoms with E-state index >= 15 is 0 Å². The summed E-state index contributed by atoms with van der Waals surface area (Å²) in [6.45, 7) is 0. The second-order valence-electron chi connectivity index (χ2n) is 19.9.